The van der Waals surface area contributed by atoms with E-state index in [2.05, 4.69) is 63.9 Å². The number of benzene rings is 2. The number of aliphatic hydroxyl groups excluding tert-OH is 1. The van der Waals surface area contributed by atoms with E-state index in [1.165, 1.54) is 16.7 Å². The van der Waals surface area contributed by atoms with Crippen LogP contribution in [0.25, 0.3) is 5.65 Å². The Bertz CT molecular complexity index is 1450. The van der Waals surface area contributed by atoms with Crippen molar-refractivity contribution in [2.24, 2.45) is 0 Å². The fraction of sp³-hybridized carbons (Fsp3) is 0.394. The number of ether oxygens (including phenoxy) is 2. The predicted octanol–water partition coefficient (Wildman–Crippen LogP) is 4.00. The minimum absolute atomic E-state index is 0.152. The molecular weight excluding hydrogens is 516 g/mol. The summed E-state index contributed by atoms with van der Waals surface area (Å²) in [6, 6.07) is 21.0. The molecular formula is C33H38N4O4. The molecule has 1 aliphatic heterocycles. The van der Waals surface area contributed by atoms with Gasteiger partial charge in [0.05, 0.1) is 13.2 Å². The van der Waals surface area contributed by atoms with Crippen LogP contribution in [0.15, 0.2) is 73.1 Å². The molecule has 2 aromatic heterocycles. The number of hydrogen-bond donors (Lipinski definition) is 2. The number of nitrogens with zero attached hydrogens (tertiary/aromatic N) is 3. The molecule has 2 N–H and O–H groups in total. The summed E-state index contributed by atoms with van der Waals surface area (Å²) in [5.74, 6) is 1.01. The quantitative estimate of drug-likeness (QED) is 0.308. The van der Waals surface area contributed by atoms with Gasteiger partial charge in [-0.3, -0.25) is 9.69 Å². The van der Waals surface area contributed by atoms with Crippen molar-refractivity contribution in [3.05, 3.63) is 101 Å². The van der Waals surface area contributed by atoms with E-state index in [-0.39, 0.29) is 18.5 Å². The van der Waals surface area contributed by atoms with Gasteiger partial charge in [-0.25, -0.2) is 4.98 Å². The number of imidazole rings is 1. The molecule has 8 nitrogen and oxygen atoms in total. The number of methoxy groups -OCH3 is 1. The molecule has 2 aromatic carbocycles. The number of hydrogen-bond acceptors (Lipinski definition) is 6. The number of amides is 1. The lowest BCUT2D eigenvalue weighted by atomic mass is 9.93. The minimum Gasteiger partial charge on any atom is -0.497 e. The third-order valence-corrected chi connectivity index (χ3v) is 8.43. The second-order valence-electron chi connectivity index (χ2n) is 11.2. The summed E-state index contributed by atoms with van der Waals surface area (Å²) in [5, 5.41) is 14.0. The van der Waals surface area contributed by atoms with Crippen LogP contribution in [0, 0.1) is 0 Å². The lowest BCUT2D eigenvalue weighted by Crippen LogP contribution is -2.44. The second-order valence-corrected chi connectivity index (χ2v) is 11.2. The van der Waals surface area contributed by atoms with Crippen LogP contribution < -0.4 is 10.1 Å². The van der Waals surface area contributed by atoms with Crippen LogP contribution in [0.1, 0.15) is 51.5 Å². The molecule has 2 aliphatic rings. The number of carbonyl (C=O) groups is 1. The maximum atomic E-state index is 13.0. The number of nitrogens with one attached hydrogen (secondary N) is 1. The molecule has 1 unspecified atom stereocenters. The van der Waals surface area contributed by atoms with Gasteiger partial charge in [0.2, 0.25) is 0 Å². The fourth-order valence-corrected chi connectivity index (χ4v) is 6.13. The van der Waals surface area contributed by atoms with Crippen LogP contribution in [0.4, 0.5) is 0 Å². The SMILES string of the molecule is COc1ccc(CN(CC(O)CNC(=O)c2cn3cc(C4CCOCC4)ccc3n2)C2Cc3ccccc3C2)cc1. The minimum atomic E-state index is -0.724. The molecule has 41 heavy (non-hydrogen) atoms. The highest BCUT2D eigenvalue weighted by molar-refractivity contribution is 5.92. The van der Waals surface area contributed by atoms with Crippen molar-refractivity contribution in [2.45, 2.75) is 50.3 Å². The van der Waals surface area contributed by atoms with Crippen molar-refractivity contribution in [1.82, 2.24) is 19.6 Å². The molecule has 8 heteroatoms. The number of pyridine rings is 1. The van der Waals surface area contributed by atoms with Gasteiger partial charge in [-0.15, -0.1) is 0 Å². The van der Waals surface area contributed by atoms with Crippen LogP contribution in [0.2, 0.25) is 0 Å². The average molecular weight is 555 g/mol. The van der Waals surface area contributed by atoms with E-state index in [0.29, 0.717) is 24.7 Å². The summed E-state index contributed by atoms with van der Waals surface area (Å²) >= 11 is 0. The average Bonchev–Trinajstić information content (AvgIpc) is 3.65. The normalized spacial score (nSPS) is 16.7. The van der Waals surface area contributed by atoms with Gasteiger partial charge in [0, 0.05) is 51.3 Å². The van der Waals surface area contributed by atoms with Crippen molar-refractivity contribution >= 4 is 11.6 Å². The Morgan fingerprint density at radius 3 is 2.51 bits per heavy atom. The first-order valence-corrected chi connectivity index (χ1v) is 14.5. The molecule has 0 spiro atoms. The van der Waals surface area contributed by atoms with Crippen LogP contribution in [0.5, 0.6) is 5.75 Å². The van der Waals surface area contributed by atoms with Gasteiger partial charge in [0.1, 0.15) is 17.1 Å². The van der Waals surface area contributed by atoms with E-state index in [1.54, 1.807) is 13.3 Å². The largest absolute Gasteiger partial charge is 0.497 e. The second kappa shape index (κ2) is 12.4. The Hall–Kier alpha value is -3.72. The highest BCUT2D eigenvalue weighted by Gasteiger charge is 2.28. The molecule has 1 saturated heterocycles. The van der Waals surface area contributed by atoms with Crippen molar-refractivity contribution in [3.63, 3.8) is 0 Å². The van der Waals surface area contributed by atoms with Gasteiger partial charge in [-0.05, 0) is 72.1 Å². The molecule has 6 rings (SSSR count). The Balaban J connectivity index is 1.09. The summed E-state index contributed by atoms with van der Waals surface area (Å²) < 4.78 is 12.7. The molecule has 214 valence electrons. The topological polar surface area (TPSA) is 88.3 Å². The van der Waals surface area contributed by atoms with Crippen LogP contribution in [0.3, 0.4) is 0 Å². The number of aromatic nitrogens is 2. The van der Waals surface area contributed by atoms with Crippen LogP contribution >= 0.6 is 0 Å². The summed E-state index contributed by atoms with van der Waals surface area (Å²) in [6.45, 7) is 2.88. The first-order valence-electron chi connectivity index (χ1n) is 14.5. The van der Waals surface area contributed by atoms with Crippen LogP contribution in [-0.2, 0) is 24.1 Å². The third-order valence-electron chi connectivity index (χ3n) is 8.43. The van der Waals surface area contributed by atoms with Gasteiger partial charge in [-0.2, -0.15) is 0 Å². The molecule has 1 aliphatic carbocycles. The molecule has 1 fully saturated rings. The first kappa shape index (κ1) is 27.4. The van der Waals surface area contributed by atoms with Crippen molar-refractivity contribution < 1.29 is 19.4 Å². The molecule has 1 atom stereocenters. The first-order chi connectivity index (χ1) is 20.1. The van der Waals surface area contributed by atoms with Crippen molar-refractivity contribution in [1.29, 1.82) is 0 Å². The van der Waals surface area contributed by atoms with E-state index >= 15 is 0 Å². The van der Waals surface area contributed by atoms with E-state index in [0.717, 1.165) is 55.9 Å². The highest BCUT2D eigenvalue weighted by Crippen LogP contribution is 2.28. The zero-order valence-electron chi connectivity index (χ0n) is 23.5. The van der Waals surface area contributed by atoms with Gasteiger partial charge < -0.3 is 24.3 Å². The van der Waals surface area contributed by atoms with E-state index in [9.17, 15) is 9.90 Å². The number of carbonyl (C=O) groups excluding carboxylic acids is 1. The molecule has 0 saturated carbocycles. The van der Waals surface area contributed by atoms with E-state index in [1.807, 2.05) is 22.6 Å². The predicted molar refractivity (Wildman–Crippen MR) is 157 cm³/mol. The molecule has 1 amide bonds. The van der Waals surface area contributed by atoms with E-state index < -0.39 is 6.10 Å². The Labute approximate surface area is 240 Å². The smallest absolute Gasteiger partial charge is 0.271 e. The lowest BCUT2D eigenvalue weighted by Gasteiger charge is -2.31. The Morgan fingerprint density at radius 2 is 1.80 bits per heavy atom. The van der Waals surface area contributed by atoms with Gasteiger partial charge in [0.25, 0.3) is 5.91 Å². The van der Waals surface area contributed by atoms with Gasteiger partial charge in [-0.1, -0.05) is 42.5 Å². The fourth-order valence-electron chi connectivity index (χ4n) is 6.13. The third kappa shape index (κ3) is 6.45. The summed E-state index contributed by atoms with van der Waals surface area (Å²) in [5.41, 5.74) is 6.22. The molecule has 3 heterocycles. The summed E-state index contributed by atoms with van der Waals surface area (Å²) in [6.07, 6.45) is 7.02. The Morgan fingerprint density at radius 1 is 1.07 bits per heavy atom. The van der Waals surface area contributed by atoms with Gasteiger partial charge >= 0.3 is 0 Å². The molecule has 0 radical (unpaired) electrons. The number of fused-ring (bicyclic) bond motifs is 2. The molecule has 0 bridgehead atoms. The Kier molecular flexibility index (Phi) is 8.32. The summed E-state index contributed by atoms with van der Waals surface area (Å²) in [7, 11) is 1.67. The van der Waals surface area contributed by atoms with Crippen molar-refractivity contribution in [2.75, 3.05) is 33.4 Å². The maximum Gasteiger partial charge on any atom is 0.271 e. The standard InChI is InChI=1S/C33H38N4O4/c1-40-30-9-6-23(7-10-30)19-36(28-16-25-4-2-3-5-26(25)17-28)21-29(38)18-34-33(39)31-22-37-20-27(8-11-32(37)35-31)24-12-14-41-15-13-24/h2-11,20,22,24,28-29,38H,12-19,21H2,1H3,(H,34,39). The number of rotatable bonds is 10. The lowest BCUT2D eigenvalue weighted by molar-refractivity contribution is 0.0748. The van der Waals surface area contributed by atoms with E-state index in [4.69, 9.17) is 9.47 Å². The zero-order valence-corrected chi connectivity index (χ0v) is 23.5. The number of aliphatic hydroxyl groups is 1. The van der Waals surface area contributed by atoms with Crippen LogP contribution in [-0.4, -0.2) is 70.9 Å². The van der Waals surface area contributed by atoms with Gasteiger partial charge in [0.15, 0.2) is 0 Å². The monoisotopic (exact) mass is 554 g/mol. The highest BCUT2D eigenvalue weighted by atomic mass is 16.5. The molecule has 4 aromatic rings. The maximum absolute atomic E-state index is 13.0. The zero-order chi connectivity index (χ0) is 28.2. The van der Waals surface area contributed by atoms with Crippen molar-refractivity contribution in [3.8, 4) is 5.75 Å². The summed E-state index contributed by atoms with van der Waals surface area (Å²) in [4.78, 5) is 19.9.